The van der Waals surface area contributed by atoms with Crippen LogP contribution in [-0.2, 0) is 6.42 Å². The molecule has 17 heavy (non-hydrogen) atoms. The van der Waals surface area contributed by atoms with Gasteiger partial charge in [-0.2, -0.15) is 0 Å². The molecule has 1 atom stereocenters. The van der Waals surface area contributed by atoms with E-state index in [1.54, 1.807) is 11.3 Å². The molecule has 0 saturated heterocycles. The molecular weight excluding hydrogens is 246 g/mol. The van der Waals surface area contributed by atoms with Gasteiger partial charge in [-0.05, 0) is 42.0 Å². The van der Waals surface area contributed by atoms with Crippen LogP contribution in [0, 0.1) is 0 Å². The summed E-state index contributed by atoms with van der Waals surface area (Å²) in [6, 6.07) is 13.3. The van der Waals surface area contributed by atoms with E-state index >= 15 is 0 Å². The highest BCUT2D eigenvalue weighted by Crippen LogP contribution is 2.31. The first-order valence-corrected chi connectivity index (χ1v) is 7.53. The van der Waals surface area contributed by atoms with E-state index in [1.165, 1.54) is 14.7 Å². The molecule has 0 spiro atoms. The van der Waals surface area contributed by atoms with Crippen LogP contribution >= 0.6 is 23.1 Å². The van der Waals surface area contributed by atoms with Gasteiger partial charge in [0.05, 0.1) is 4.21 Å². The summed E-state index contributed by atoms with van der Waals surface area (Å²) >= 11 is 3.59. The van der Waals surface area contributed by atoms with Crippen molar-refractivity contribution in [2.24, 2.45) is 5.73 Å². The van der Waals surface area contributed by atoms with Gasteiger partial charge in [0.25, 0.3) is 0 Å². The Balaban J connectivity index is 1.98. The molecule has 1 nitrogen and oxygen atoms in total. The second-order valence-electron chi connectivity index (χ2n) is 4.05. The van der Waals surface area contributed by atoms with Crippen molar-refractivity contribution in [2.45, 2.75) is 34.9 Å². The molecule has 0 aliphatic heterocycles. The predicted molar refractivity (Wildman–Crippen MR) is 76.9 cm³/mol. The van der Waals surface area contributed by atoms with Gasteiger partial charge in [-0.1, -0.05) is 36.9 Å². The van der Waals surface area contributed by atoms with E-state index in [9.17, 15) is 0 Å². The molecule has 0 amide bonds. The van der Waals surface area contributed by atoms with Gasteiger partial charge in [-0.15, -0.1) is 11.3 Å². The number of benzene rings is 1. The summed E-state index contributed by atoms with van der Waals surface area (Å²) in [5.41, 5.74) is 7.28. The van der Waals surface area contributed by atoms with Gasteiger partial charge in [-0.25, -0.2) is 0 Å². The summed E-state index contributed by atoms with van der Waals surface area (Å²) in [6.45, 7) is 2.13. The minimum absolute atomic E-state index is 0.283. The van der Waals surface area contributed by atoms with Crippen LogP contribution in [0.2, 0.25) is 0 Å². The van der Waals surface area contributed by atoms with Gasteiger partial charge in [0, 0.05) is 10.9 Å². The van der Waals surface area contributed by atoms with Crippen LogP contribution in [0.1, 0.15) is 18.9 Å². The Bertz CT molecular complexity index is 434. The fourth-order valence-corrected chi connectivity index (χ4v) is 3.33. The number of hydrogen-bond donors (Lipinski definition) is 1. The van der Waals surface area contributed by atoms with Crippen LogP contribution in [0.3, 0.4) is 0 Å². The molecule has 2 N–H and O–H groups in total. The fraction of sp³-hybridized carbons (Fsp3) is 0.286. The monoisotopic (exact) mass is 263 g/mol. The molecule has 1 aromatic carbocycles. The summed E-state index contributed by atoms with van der Waals surface area (Å²) < 4.78 is 1.34. The van der Waals surface area contributed by atoms with Crippen LogP contribution in [0.15, 0.2) is 50.9 Å². The van der Waals surface area contributed by atoms with Crippen molar-refractivity contribution in [3.05, 3.63) is 47.3 Å². The molecule has 0 radical (unpaired) electrons. The average molecular weight is 263 g/mol. The number of rotatable bonds is 5. The van der Waals surface area contributed by atoms with E-state index in [1.807, 2.05) is 11.8 Å². The Kier molecular flexibility index (Phi) is 4.66. The zero-order valence-corrected chi connectivity index (χ0v) is 11.6. The van der Waals surface area contributed by atoms with Gasteiger partial charge in [-0.3, -0.25) is 0 Å². The molecular formula is C14H17NS2. The molecule has 1 unspecified atom stereocenters. The van der Waals surface area contributed by atoms with Gasteiger partial charge < -0.3 is 5.73 Å². The lowest BCUT2D eigenvalue weighted by Crippen LogP contribution is -2.21. The van der Waals surface area contributed by atoms with Crippen LogP contribution in [0.5, 0.6) is 0 Å². The standard InChI is InChI=1S/C14H17NS2/c1-2-12(15)10-11-5-7-13(8-6-11)17-14-4-3-9-16-14/h3-9,12H,2,10,15H2,1H3. The van der Waals surface area contributed by atoms with Crippen molar-refractivity contribution < 1.29 is 0 Å². The molecule has 2 rings (SSSR count). The average Bonchev–Trinajstić information content (AvgIpc) is 2.84. The van der Waals surface area contributed by atoms with E-state index in [0.717, 1.165) is 12.8 Å². The van der Waals surface area contributed by atoms with Crippen molar-refractivity contribution in [2.75, 3.05) is 0 Å². The van der Waals surface area contributed by atoms with Crippen LogP contribution in [-0.4, -0.2) is 6.04 Å². The second-order valence-corrected chi connectivity index (χ2v) is 6.37. The molecule has 0 aliphatic carbocycles. The Morgan fingerprint density at radius 1 is 1.24 bits per heavy atom. The van der Waals surface area contributed by atoms with E-state index in [0.29, 0.717) is 0 Å². The summed E-state index contributed by atoms with van der Waals surface area (Å²) in [4.78, 5) is 1.29. The predicted octanol–water partition coefficient (Wildman–Crippen LogP) is 4.18. The quantitative estimate of drug-likeness (QED) is 0.875. The first-order valence-electron chi connectivity index (χ1n) is 5.84. The largest absolute Gasteiger partial charge is 0.327 e. The SMILES string of the molecule is CCC(N)Cc1ccc(Sc2cccs2)cc1. The highest BCUT2D eigenvalue weighted by Gasteiger charge is 2.02. The smallest absolute Gasteiger partial charge is 0.0646 e. The van der Waals surface area contributed by atoms with Crippen molar-refractivity contribution in [3.8, 4) is 0 Å². The third kappa shape index (κ3) is 3.87. The molecule has 1 aromatic heterocycles. The number of nitrogens with two attached hydrogens (primary N) is 1. The van der Waals surface area contributed by atoms with Crippen LogP contribution < -0.4 is 5.73 Å². The van der Waals surface area contributed by atoms with Crippen molar-refractivity contribution in [1.29, 1.82) is 0 Å². The third-order valence-electron chi connectivity index (χ3n) is 2.66. The fourth-order valence-electron chi connectivity index (χ4n) is 1.58. The van der Waals surface area contributed by atoms with E-state index in [2.05, 4.69) is 48.7 Å². The van der Waals surface area contributed by atoms with Crippen molar-refractivity contribution in [1.82, 2.24) is 0 Å². The maximum Gasteiger partial charge on any atom is 0.0646 e. The first-order chi connectivity index (χ1) is 8.28. The van der Waals surface area contributed by atoms with Gasteiger partial charge >= 0.3 is 0 Å². The molecule has 0 saturated carbocycles. The summed E-state index contributed by atoms with van der Waals surface area (Å²) in [6.07, 6.45) is 2.01. The molecule has 1 heterocycles. The minimum atomic E-state index is 0.283. The summed E-state index contributed by atoms with van der Waals surface area (Å²) in [7, 11) is 0. The van der Waals surface area contributed by atoms with E-state index in [-0.39, 0.29) is 6.04 Å². The lowest BCUT2D eigenvalue weighted by molar-refractivity contribution is 0.646. The first kappa shape index (κ1) is 12.7. The molecule has 3 heteroatoms. The van der Waals surface area contributed by atoms with Crippen LogP contribution in [0.4, 0.5) is 0 Å². The number of thiophene rings is 1. The molecule has 0 fully saturated rings. The molecule has 0 bridgehead atoms. The van der Waals surface area contributed by atoms with Crippen molar-refractivity contribution in [3.63, 3.8) is 0 Å². The highest BCUT2D eigenvalue weighted by atomic mass is 32.2. The van der Waals surface area contributed by atoms with Gasteiger partial charge in [0.1, 0.15) is 0 Å². The molecule has 90 valence electrons. The van der Waals surface area contributed by atoms with E-state index in [4.69, 9.17) is 5.73 Å². The summed E-state index contributed by atoms with van der Waals surface area (Å²) in [5.74, 6) is 0. The van der Waals surface area contributed by atoms with Gasteiger partial charge in [0.2, 0.25) is 0 Å². The maximum absolute atomic E-state index is 5.95. The third-order valence-corrected chi connectivity index (χ3v) is 4.70. The second kappa shape index (κ2) is 6.24. The lowest BCUT2D eigenvalue weighted by Gasteiger charge is -2.08. The highest BCUT2D eigenvalue weighted by molar-refractivity contribution is 8.01. The Morgan fingerprint density at radius 2 is 2.00 bits per heavy atom. The zero-order valence-electron chi connectivity index (χ0n) is 9.93. The normalized spacial score (nSPS) is 12.6. The van der Waals surface area contributed by atoms with E-state index < -0.39 is 0 Å². The topological polar surface area (TPSA) is 26.0 Å². The van der Waals surface area contributed by atoms with Crippen LogP contribution in [0.25, 0.3) is 0 Å². The van der Waals surface area contributed by atoms with Crippen molar-refractivity contribution >= 4 is 23.1 Å². The Morgan fingerprint density at radius 3 is 2.59 bits per heavy atom. The zero-order chi connectivity index (χ0) is 12.1. The minimum Gasteiger partial charge on any atom is -0.327 e. The molecule has 0 aliphatic rings. The Hall–Kier alpha value is -0.770. The molecule has 2 aromatic rings. The van der Waals surface area contributed by atoms with Gasteiger partial charge in [0.15, 0.2) is 0 Å². The summed E-state index contributed by atoms with van der Waals surface area (Å²) in [5, 5.41) is 2.11. The number of hydrogen-bond acceptors (Lipinski definition) is 3. The lowest BCUT2D eigenvalue weighted by atomic mass is 10.1. The maximum atomic E-state index is 5.95. The Labute approximate surface area is 111 Å².